The molecule has 1 aliphatic heterocycles. The highest BCUT2D eigenvalue weighted by atomic mass is 32.2. The molecule has 0 aliphatic carbocycles. The Kier molecular flexibility index (Phi) is 6.44. The molecule has 0 aromatic heterocycles. The van der Waals surface area contributed by atoms with Gasteiger partial charge in [0.25, 0.3) is 5.91 Å². The Morgan fingerprint density at radius 3 is 2.17 bits per heavy atom. The van der Waals surface area contributed by atoms with Gasteiger partial charge in [-0.2, -0.15) is 4.31 Å². The number of hydrogen-bond acceptors (Lipinski definition) is 5. The van der Waals surface area contributed by atoms with Crippen LogP contribution in [0, 0.1) is 0 Å². The van der Waals surface area contributed by atoms with Crippen molar-refractivity contribution in [2.45, 2.75) is 44.4 Å². The minimum Gasteiger partial charge on any atom is -0.482 e. The smallest absolute Gasteiger partial charge is 0.265 e. The summed E-state index contributed by atoms with van der Waals surface area (Å²) in [6.07, 6.45) is -1.18. The van der Waals surface area contributed by atoms with Crippen LogP contribution >= 0.6 is 0 Å². The minimum absolute atomic E-state index is 0.241. The van der Waals surface area contributed by atoms with Crippen LogP contribution in [0.25, 0.3) is 0 Å². The number of ether oxygens (including phenoxy) is 2. The van der Waals surface area contributed by atoms with Crippen LogP contribution in [-0.2, 0) is 21.4 Å². The number of carbonyl (C=O) groups is 1. The van der Waals surface area contributed by atoms with Crippen molar-refractivity contribution in [3.8, 4) is 11.5 Å². The maximum absolute atomic E-state index is 12.6. The molecule has 2 aromatic rings. The van der Waals surface area contributed by atoms with Crippen molar-refractivity contribution in [3.05, 3.63) is 54.1 Å². The minimum atomic E-state index is -3.49. The summed E-state index contributed by atoms with van der Waals surface area (Å²) in [5.41, 5.74) is 0.793. The number of sulfonamides is 1. The van der Waals surface area contributed by atoms with E-state index in [0.29, 0.717) is 24.6 Å². The molecule has 0 bridgehead atoms. The predicted octanol–water partition coefficient (Wildman–Crippen LogP) is 2.56. The van der Waals surface area contributed by atoms with Gasteiger partial charge in [-0.3, -0.25) is 4.79 Å². The first-order valence-electron chi connectivity index (χ1n) is 9.66. The van der Waals surface area contributed by atoms with Crippen LogP contribution in [0.5, 0.6) is 11.5 Å². The fourth-order valence-electron chi connectivity index (χ4n) is 3.19. The Labute approximate surface area is 171 Å². The van der Waals surface area contributed by atoms with E-state index in [1.807, 2.05) is 12.1 Å². The van der Waals surface area contributed by atoms with E-state index >= 15 is 0 Å². The Morgan fingerprint density at radius 2 is 1.59 bits per heavy atom. The van der Waals surface area contributed by atoms with Gasteiger partial charge in [-0.1, -0.05) is 38.1 Å². The summed E-state index contributed by atoms with van der Waals surface area (Å²) in [4.78, 5) is 12.8. The zero-order valence-corrected chi connectivity index (χ0v) is 17.6. The van der Waals surface area contributed by atoms with E-state index in [9.17, 15) is 13.2 Å². The summed E-state index contributed by atoms with van der Waals surface area (Å²) >= 11 is 0. The molecule has 1 aliphatic rings. The second kappa shape index (κ2) is 8.84. The third-order valence-electron chi connectivity index (χ3n) is 4.83. The average Bonchev–Trinajstić information content (AvgIpc) is 2.72. The summed E-state index contributed by atoms with van der Waals surface area (Å²) in [5, 5.41) is 2.83. The van der Waals surface area contributed by atoms with Crippen LogP contribution in [0.3, 0.4) is 0 Å². The number of rotatable bonds is 7. The van der Waals surface area contributed by atoms with E-state index in [2.05, 4.69) is 5.32 Å². The average molecular weight is 419 g/mol. The molecule has 1 amide bonds. The zero-order valence-electron chi connectivity index (χ0n) is 16.8. The number of nitrogens with zero attached hydrogens (tertiary/aromatic N) is 1. The summed E-state index contributed by atoms with van der Waals surface area (Å²) in [6, 6.07) is 13.8. The van der Waals surface area contributed by atoms with E-state index in [0.717, 1.165) is 5.56 Å². The van der Waals surface area contributed by atoms with Crippen molar-refractivity contribution < 1.29 is 22.7 Å². The molecule has 0 spiro atoms. The first-order chi connectivity index (χ1) is 13.9. The molecule has 0 radical (unpaired) electrons. The fourth-order valence-corrected chi connectivity index (χ4v) is 4.65. The van der Waals surface area contributed by atoms with E-state index in [4.69, 9.17) is 9.47 Å². The van der Waals surface area contributed by atoms with Crippen LogP contribution in [-0.4, -0.2) is 43.9 Å². The standard InChI is InChI=1S/C21H26N2O5S/c1-4-23(5-2)29(25,26)17-12-10-16(11-13-17)14-22-21(24)20-15(3)27-18-8-6-7-9-19(18)28-20/h6-13,15,20H,4-5,14H2,1-3H3,(H,22,24)/t15-,20-/m0/s1. The lowest BCUT2D eigenvalue weighted by Crippen LogP contribution is -2.48. The van der Waals surface area contributed by atoms with Gasteiger partial charge < -0.3 is 14.8 Å². The second-order valence-corrected chi connectivity index (χ2v) is 8.70. The SMILES string of the molecule is CCN(CC)S(=O)(=O)c1ccc(CNC(=O)[C@H]2Oc3ccccc3O[C@H]2C)cc1. The quantitative estimate of drug-likeness (QED) is 0.747. The predicted molar refractivity (Wildman–Crippen MR) is 109 cm³/mol. The summed E-state index contributed by atoms with van der Waals surface area (Å²) in [6.45, 7) is 6.50. The van der Waals surface area contributed by atoms with Crippen molar-refractivity contribution in [1.29, 1.82) is 0 Å². The molecular weight excluding hydrogens is 392 g/mol. The number of amides is 1. The van der Waals surface area contributed by atoms with E-state index in [1.165, 1.54) is 4.31 Å². The van der Waals surface area contributed by atoms with E-state index in [1.54, 1.807) is 57.2 Å². The van der Waals surface area contributed by atoms with Crippen LogP contribution < -0.4 is 14.8 Å². The van der Waals surface area contributed by atoms with E-state index < -0.39 is 22.2 Å². The lowest BCUT2D eigenvalue weighted by Gasteiger charge is -2.31. The third kappa shape index (κ3) is 4.54. The number of benzene rings is 2. The number of nitrogens with one attached hydrogen (secondary N) is 1. The Balaban J connectivity index is 1.62. The molecule has 0 saturated carbocycles. The Hall–Kier alpha value is -2.58. The molecule has 7 nitrogen and oxygen atoms in total. The first kappa shape index (κ1) is 21.1. The lowest BCUT2D eigenvalue weighted by atomic mass is 10.1. The normalized spacial score (nSPS) is 18.5. The van der Waals surface area contributed by atoms with Crippen molar-refractivity contribution in [3.63, 3.8) is 0 Å². The van der Waals surface area contributed by atoms with Crippen molar-refractivity contribution >= 4 is 15.9 Å². The van der Waals surface area contributed by atoms with Crippen LogP contribution in [0.4, 0.5) is 0 Å². The molecule has 1 N–H and O–H groups in total. The van der Waals surface area contributed by atoms with Crippen LogP contribution in [0.1, 0.15) is 26.3 Å². The summed E-state index contributed by atoms with van der Waals surface area (Å²) in [7, 11) is -3.49. The van der Waals surface area contributed by atoms with Gasteiger partial charge in [0.05, 0.1) is 4.90 Å². The summed E-state index contributed by atoms with van der Waals surface area (Å²) in [5.74, 6) is 0.873. The molecule has 29 heavy (non-hydrogen) atoms. The number of fused-ring (bicyclic) bond motifs is 1. The Bertz CT molecular complexity index is 955. The lowest BCUT2D eigenvalue weighted by molar-refractivity contribution is -0.133. The van der Waals surface area contributed by atoms with Crippen LogP contribution in [0.2, 0.25) is 0 Å². The van der Waals surface area contributed by atoms with Gasteiger partial charge in [-0.05, 0) is 36.8 Å². The molecule has 2 aromatic carbocycles. The maximum Gasteiger partial charge on any atom is 0.265 e. The third-order valence-corrected chi connectivity index (χ3v) is 6.90. The second-order valence-electron chi connectivity index (χ2n) is 6.76. The number of hydrogen-bond donors (Lipinski definition) is 1. The first-order valence-corrected chi connectivity index (χ1v) is 11.1. The topological polar surface area (TPSA) is 84.9 Å². The van der Waals surface area contributed by atoms with Crippen molar-refractivity contribution in [2.75, 3.05) is 13.1 Å². The number of para-hydroxylation sites is 2. The molecule has 0 saturated heterocycles. The molecule has 2 atom stereocenters. The van der Waals surface area contributed by atoms with Gasteiger partial charge in [-0.25, -0.2) is 8.42 Å². The molecule has 0 fully saturated rings. The molecule has 3 rings (SSSR count). The highest BCUT2D eigenvalue weighted by Crippen LogP contribution is 2.33. The summed E-state index contributed by atoms with van der Waals surface area (Å²) < 4.78 is 38.0. The molecule has 1 heterocycles. The van der Waals surface area contributed by atoms with E-state index in [-0.39, 0.29) is 17.3 Å². The molecule has 0 unspecified atom stereocenters. The Morgan fingerprint density at radius 1 is 1.00 bits per heavy atom. The number of carbonyl (C=O) groups excluding carboxylic acids is 1. The maximum atomic E-state index is 12.6. The fraction of sp³-hybridized carbons (Fsp3) is 0.381. The van der Waals surface area contributed by atoms with Gasteiger partial charge in [-0.15, -0.1) is 0 Å². The van der Waals surface area contributed by atoms with Gasteiger partial charge in [0.15, 0.2) is 11.5 Å². The largest absolute Gasteiger partial charge is 0.482 e. The zero-order chi connectivity index (χ0) is 21.0. The molecular formula is C21H26N2O5S. The van der Waals surface area contributed by atoms with Gasteiger partial charge >= 0.3 is 0 Å². The highest BCUT2D eigenvalue weighted by molar-refractivity contribution is 7.89. The van der Waals surface area contributed by atoms with Crippen molar-refractivity contribution in [2.24, 2.45) is 0 Å². The molecule has 8 heteroatoms. The van der Waals surface area contributed by atoms with Gasteiger partial charge in [0.2, 0.25) is 16.1 Å². The molecule has 156 valence electrons. The monoisotopic (exact) mass is 418 g/mol. The van der Waals surface area contributed by atoms with Crippen molar-refractivity contribution in [1.82, 2.24) is 9.62 Å². The van der Waals surface area contributed by atoms with Gasteiger partial charge in [0, 0.05) is 19.6 Å². The van der Waals surface area contributed by atoms with Gasteiger partial charge in [0.1, 0.15) is 6.10 Å². The van der Waals surface area contributed by atoms with Crippen LogP contribution in [0.15, 0.2) is 53.4 Å². The highest BCUT2D eigenvalue weighted by Gasteiger charge is 2.33.